The van der Waals surface area contributed by atoms with Crippen molar-refractivity contribution in [3.63, 3.8) is 0 Å². The highest BCUT2D eigenvalue weighted by molar-refractivity contribution is 8.18. The van der Waals surface area contributed by atoms with Crippen molar-refractivity contribution in [1.29, 1.82) is 0 Å². The Morgan fingerprint density at radius 2 is 2.03 bits per heavy atom. The summed E-state index contributed by atoms with van der Waals surface area (Å²) in [4.78, 5) is 34.2. The molecule has 32 heavy (non-hydrogen) atoms. The number of thioether (sulfide) groups is 1. The van der Waals surface area contributed by atoms with E-state index < -0.39 is 5.97 Å². The summed E-state index contributed by atoms with van der Waals surface area (Å²) in [7, 11) is 1.50. The number of hydrogen-bond acceptors (Lipinski definition) is 9. The number of amides is 1. The number of aliphatic imine (C=N–C) groups is 1. The van der Waals surface area contributed by atoms with Crippen LogP contribution in [0.4, 0.5) is 0 Å². The van der Waals surface area contributed by atoms with Gasteiger partial charge in [0.05, 0.1) is 18.6 Å². The van der Waals surface area contributed by atoms with Crippen LogP contribution < -0.4 is 9.47 Å². The van der Waals surface area contributed by atoms with Gasteiger partial charge in [0, 0.05) is 32.7 Å². The fourth-order valence-corrected chi connectivity index (χ4v) is 4.96. The predicted octanol–water partition coefficient (Wildman–Crippen LogP) is 2.56. The van der Waals surface area contributed by atoms with Crippen molar-refractivity contribution in [3.8, 4) is 11.5 Å². The van der Waals surface area contributed by atoms with E-state index in [9.17, 15) is 9.59 Å². The van der Waals surface area contributed by atoms with E-state index in [1.165, 1.54) is 30.2 Å². The fraction of sp³-hybridized carbons (Fsp3) is 0.318. The zero-order valence-electron chi connectivity index (χ0n) is 17.5. The van der Waals surface area contributed by atoms with Gasteiger partial charge in [0.1, 0.15) is 4.88 Å². The van der Waals surface area contributed by atoms with Gasteiger partial charge in [-0.25, -0.2) is 4.79 Å². The molecule has 3 heterocycles. The van der Waals surface area contributed by atoms with E-state index in [0.717, 1.165) is 31.7 Å². The fourth-order valence-electron chi connectivity index (χ4n) is 3.39. The number of aliphatic hydroxyl groups is 1. The van der Waals surface area contributed by atoms with Crippen molar-refractivity contribution in [1.82, 2.24) is 9.80 Å². The number of amidine groups is 1. The van der Waals surface area contributed by atoms with E-state index in [4.69, 9.17) is 14.6 Å². The van der Waals surface area contributed by atoms with E-state index in [-0.39, 0.29) is 12.5 Å². The molecule has 0 saturated carbocycles. The Bertz CT molecular complexity index is 1040. The van der Waals surface area contributed by atoms with Crippen LogP contribution in [0.25, 0.3) is 6.08 Å². The summed E-state index contributed by atoms with van der Waals surface area (Å²) in [6.45, 7) is 4.01. The average Bonchev–Trinajstić information content (AvgIpc) is 3.46. The number of thiophene rings is 1. The highest BCUT2D eigenvalue weighted by atomic mass is 32.2. The first-order valence-electron chi connectivity index (χ1n) is 10.1. The summed E-state index contributed by atoms with van der Waals surface area (Å²) in [6.07, 6.45) is 1.76. The monoisotopic (exact) mass is 473 g/mol. The third-order valence-corrected chi connectivity index (χ3v) is 6.97. The van der Waals surface area contributed by atoms with Crippen LogP contribution in [0.1, 0.15) is 15.2 Å². The standard InChI is InChI=1S/C22H23N3O5S2/c1-29-17-13-15(4-5-16(17)30-21(28)18-3-2-12-31-18)14-19-20(27)23-22(32-19)25-8-6-24(7-9-25)10-11-26/h2-5,12-14,26H,6-11H2,1H3/b19-14+. The zero-order chi connectivity index (χ0) is 22.5. The first kappa shape index (κ1) is 22.5. The van der Waals surface area contributed by atoms with Crippen molar-refractivity contribution >= 4 is 46.2 Å². The highest BCUT2D eigenvalue weighted by Crippen LogP contribution is 2.34. The van der Waals surface area contributed by atoms with Crippen molar-refractivity contribution in [2.24, 2.45) is 4.99 Å². The molecule has 2 aromatic rings. The van der Waals surface area contributed by atoms with E-state index in [1.54, 1.807) is 36.4 Å². The predicted molar refractivity (Wildman–Crippen MR) is 125 cm³/mol. The van der Waals surface area contributed by atoms with Crippen LogP contribution in [-0.2, 0) is 4.79 Å². The summed E-state index contributed by atoms with van der Waals surface area (Å²) in [5, 5.41) is 11.6. The molecule has 1 fully saturated rings. The molecule has 8 nitrogen and oxygen atoms in total. The van der Waals surface area contributed by atoms with Crippen molar-refractivity contribution < 1.29 is 24.2 Å². The molecule has 0 bridgehead atoms. The highest BCUT2D eigenvalue weighted by Gasteiger charge is 2.28. The van der Waals surface area contributed by atoms with Crippen molar-refractivity contribution in [3.05, 3.63) is 51.1 Å². The van der Waals surface area contributed by atoms with Gasteiger partial charge < -0.3 is 19.5 Å². The summed E-state index contributed by atoms with van der Waals surface area (Å²) in [5.74, 6) is 0.00926. The normalized spacial score (nSPS) is 18.2. The van der Waals surface area contributed by atoms with Crippen LogP contribution in [0.2, 0.25) is 0 Å². The molecule has 2 aliphatic heterocycles. The second-order valence-corrected chi connectivity index (χ2v) is 9.10. The minimum absolute atomic E-state index is 0.149. The molecule has 0 atom stereocenters. The molecule has 2 aliphatic rings. The quantitative estimate of drug-likeness (QED) is 0.389. The summed E-state index contributed by atoms with van der Waals surface area (Å²) in [6, 6.07) is 8.64. The molecule has 0 radical (unpaired) electrons. The lowest BCUT2D eigenvalue weighted by Gasteiger charge is -2.34. The first-order valence-corrected chi connectivity index (χ1v) is 11.8. The van der Waals surface area contributed by atoms with Gasteiger partial charge in [-0.3, -0.25) is 9.69 Å². The Hall–Kier alpha value is -2.66. The minimum Gasteiger partial charge on any atom is -0.493 e. The van der Waals surface area contributed by atoms with Crippen molar-refractivity contribution in [2.75, 3.05) is 46.4 Å². The molecule has 1 saturated heterocycles. The minimum atomic E-state index is -0.442. The number of ether oxygens (including phenoxy) is 2. The van der Waals surface area contributed by atoms with E-state index in [2.05, 4.69) is 14.8 Å². The number of aliphatic hydroxyl groups excluding tert-OH is 1. The van der Waals surface area contributed by atoms with E-state index in [1.807, 2.05) is 5.38 Å². The van der Waals surface area contributed by atoms with Crippen LogP contribution in [0, 0.1) is 0 Å². The third kappa shape index (κ3) is 5.21. The number of hydrogen-bond donors (Lipinski definition) is 1. The molecule has 10 heteroatoms. The summed E-state index contributed by atoms with van der Waals surface area (Å²) < 4.78 is 10.8. The number of rotatable bonds is 6. The maximum absolute atomic E-state index is 12.5. The van der Waals surface area contributed by atoms with Gasteiger partial charge >= 0.3 is 5.97 Å². The molecule has 0 aliphatic carbocycles. The molecule has 0 spiro atoms. The van der Waals surface area contributed by atoms with E-state index in [0.29, 0.717) is 33.0 Å². The topological polar surface area (TPSA) is 91.7 Å². The number of piperazine rings is 1. The molecule has 1 amide bonds. The number of nitrogens with zero attached hydrogens (tertiary/aromatic N) is 3. The molecular weight excluding hydrogens is 450 g/mol. The Kier molecular flexibility index (Phi) is 7.26. The molecule has 4 rings (SSSR count). The maximum Gasteiger partial charge on any atom is 0.353 e. The van der Waals surface area contributed by atoms with Crippen LogP contribution in [-0.4, -0.2) is 78.4 Å². The van der Waals surface area contributed by atoms with Gasteiger partial charge in [0.2, 0.25) is 0 Å². The largest absolute Gasteiger partial charge is 0.493 e. The van der Waals surface area contributed by atoms with Crippen LogP contribution >= 0.6 is 23.1 Å². The van der Waals surface area contributed by atoms with Crippen LogP contribution in [0.5, 0.6) is 11.5 Å². The zero-order valence-corrected chi connectivity index (χ0v) is 19.2. The Morgan fingerprint density at radius 1 is 1.22 bits per heavy atom. The van der Waals surface area contributed by atoms with Gasteiger partial charge in [-0.15, -0.1) is 11.3 Å². The van der Waals surface area contributed by atoms with Gasteiger partial charge in [-0.2, -0.15) is 4.99 Å². The Balaban J connectivity index is 1.42. The first-order chi connectivity index (χ1) is 15.6. The number of esters is 1. The Labute approximate surface area is 194 Å². The maximum atomic E-state index is 12.5. The molecule has 1 aromatic carbocycles. The molecule has 168 valence electrons. The van der Waals surface area contributed by atoms with Gasteiger partial charge in [-0.05, 0) is 47.0 Å². The lowest BCUT2D eigenvalue weighted by molar-refractivity contribution is -0.113. The molecule has 0 unspecified atom stereocenters. The lowest BCUT2D eigenvalue weighted by atomic mass is 10.2. The van der Waals surface area contributed by atoms with Gasteiger partial charge in [0.15, 0.2) is 16.7 Å². The molecule has 1 N–H and O–H groups in total. The number of carbonyl (C=O) groups is 2. The van der Waals surface area contributed by atoms with Gasteiger partial charge in [0.25, 0.3) is 5.91 Å². The van der Waals surface area contributed by atoms with Gasteiger partial charge in [-0.1, -0.05) is 12.1 Å². The number of carbonyl (C=O) groups excluding carboxylic acids is 2. The molecular formula is C22H23N3O5S2. The lowest BCUT2D eigenvalue weighted by Crippen LogP contribution is -2.48. The second kappa shape index (κ2) is 10.3. The second-order valence-electron chi connectivity index (χ2n) is 7.14. The number of methoxy groups -OCH3 is 1. The van der Waals surface area contributed by atoms with Crippen LogP contribution in [0.3, 0.4) is 0 Å². The summed E-state index contributed by atoms with van der Waals surface area (Å²) in [5.41, 5.74) is 0.748. The SMILES string of the molecule is COc1cc(/C=C2/SC(N3CCN(CCO)CC3)=NC2=O)ccc1OC(=O)c1cccs1. The average molecular weight is 474 g/mol. The Morgan fingerprint density at radius 3 is 2.72 bits per heavy atom. The third-order valence-electron chi connectivity index (χ3n) is 5.08. The number of benzene rings is 1. The van der Waals surface area contributed by atoms with Crippen LogP contribution in [0.15, 0.2) is 45.6 Å². The summed E-state index contributed by atoms with van der Waals surface area (Å²) >= 11 is 2.66. The molecule has 1 aromatic heterocycles. The smallest absolute Gasteiger partial charge is 0.353 e. The van der Waals surface area contributed by atoms with E-state index >= 15 is 0 Å². The van der Waals surface area contributed by atoms with Crippen molar-refractivity contribution in [2.45, 2.75) is 0 Å². The number of β-amino-alcohol motifs (C(OH)–C–C–N with tert-alkyl or cyclic N) is 1.